The summed E-state index contributed by atoms with van der Waals surface area (Å²) < 4.78 is 5.64. The van der Waals surface area contributed by atoms with Gasteiger partial charge in [-0.3, -0.25) is 4.79 Å². The van der Waals surface area contributed by atoms with E-state index in [0.29, 0.717) is 21.5 Å². The lowest BCUT2D eigenvalue weighted by molar-refractivity contribution is -0.139. The van der Waals surface area contributed by atoms with Gasteiger partial charge in [0.15, 0.2) is 6.61 Å². The third-order valence-electron chi connectivity index (χ3n) is 3.84. The number of aryl methyl sites for hydroxylation is 1. The molecule has 2 N–H and O–H groups in total. The maximum Gasteiger partial charge on any atom is 0.341 e. The molecule has 2 rings (SSSR count). The number of amides is 1. The van der Waals surface area contributed by atoms with E-state index in [2.05, 4.69) is 21.2 Å². The Morgan fingerprint density at radius 3 is 2.67 bits per heavy atom. The molecule has 0 saturated heterocycles. The Hall–Kier alpha value is -3.11. The number of hydrogen-bond donors (Lipinski definition) is 2. The second-order valence-corrected chi connectivity index (χ2v) is 6.60. The van der Waals surface area contributed by atoms with E-state index in [-0.39, 0.29) is 5.57 Å². The summed E-state index contributed by atoms with van der Waals surface area (Å²) in [5.74, 6) is -1.23. The van der Waals surface area contributed by atoms with Crippen LogP contribution in [-0.2, 0) is 9.59 Å². The van der Waals surface area contributed by atoms with Crippen LogP contribution in [0.15, 0.2) is 46.4 Å². The van der Waals surface area contributed by atoms with Crippen LogP contribution in [0.25, 0.3) is 6.08 Å². The normalized spacial score (nSPS) is 10.8. The number of nitrogens with zero attached hydrogens (tertiary/aromatic N) is 1. The molecule has 2 aromatic rings. The predicted molar refractivity (Wildman–Crippen MR) is 105 cm³/mol. The fourth-order valence-electron chi connectivity index (χ4n) is 2.25. The predicted octanol–water partition coefficient (Wildman–Crippen LogP) is 4.08. The number of rotatable bonds is 6. The van der Waals surface area contributed by atoms with Gasteiger partial charge in [0.05, 0.1) is 4.47 Å². The molecule has 0 heterocycles. The van der Waals surface area contributed by atoms with Crippen LogP contribution in [0.5, 0.6) is 5.75 Å². The first kappa shape index (κ1) is 20.2. The quantitative estimate of drug-likeness (QED) is 0.533. The number of halogens is 1. The number of nitrogens with one attached hydrogen (secondary N) is 1. The molecule has 0 saturated carbocycles. The van der Waals surface area contributed by atoms with Crippen LogP contribution in [0.3, 0.4) is 0 Å². The van der Waals surface area contributed by atoms with Crippen molar-refractivity contribution in [2.24, 2.45) is 0 Å². The lowest BCUT2D eigenvalue weighted by atomic mass is 10.1. The van der Waals surface area contributed by atoms with Crippen LogP contribution < -0.4 is 10.1 Å². The van der Waals surface area contributed by atoms with Gasteiger partial charge in [-0.1, -0.05) is 18.2 Å². The van der Waals surface area contributed by atoms with E-state index in [0.717, 1.165) is 11.1 Å². The zero-order chi connectivity index (χ0) is 20.0. The minimum atomic E-state index is -1.08. The number of ether oxygens (including phenoxy) is 1. The molecule has 1 amide bonds. The molecule has 0 spiro atoms. The van der Waals surface area contributed by atoms with E-state index >= 15 is 0 Å². The standard InChI is InChI=1S/C20H17BrN2O4/c1-12-4-3-5-17(13(12)2)23-20(26)15(10-22)8-14-6-7-18(16(21)9-14)27-11-19(24)25/h3-9H,11H2,1-2H3,(H,23,26)(H,24,25)/b15-8+. The van der Waals surface area contributed by atoms with Crippen LogP contribution >= 0.6 is 15.9 Å². The van der Waals surface area contributed by atoms with Crippen LogP contribution in [0.2, 0.25) is 0 Å². The van der Waals surface area contributed by atoms with Gasteiger partial charge in [-0.25, -0.2) is 4.79 Å². The van der Waals surface area contributed by atoms with Crippen molar-refractivity contribution in [2.45, 2.75) is 13.8 Å². The number of hydrogen-bond acceptors (Lipinski definition) is 4. The zero-order valence-electron chi connectivity index (χ0n) is 14.7. The topological polar surface area (TPSA) is 99.4 Å². The third kappa shape index (κ3) is 5.43. The fraction of sp³-hybridized carbons (Fsp3) is 0.150. The van der Waals surface area contributed by atoms with Gasteiger partial charge in [0, 0.05) is 5.69 Å². The van der Waals surface area contributed by atoms with Gasteiger partial charge in [0.1, 0.15) is 17.4 Å². The number of carbonyl (C=O) groups is 2. The van der Waals surface area contributed by atoms with Gasteiger partial charge in [0.25, 0.3) is 5.91 Å². The first-order valence-electron chi connectivity index (χ1n) is 7.95. The number of carboxylic acids is 1. The maximum atomic E-state index is 12.4. The third-order valence-corrected chi connectivity index (χ3v) is 4.46. The Labute approximate surface area is 165 Å². The minimum Gasteiger partial charge on any atom is -0.481 e. The van der Waals surface area contributed by atoms with Gasteiger partial charge >= 0.3 is 5.97 Å². The van der Waals surface area contributed by atoms with Crippen molar-refractivity contribution < 1.29 is 19.4 Å². The number of carbonyl (C=O) groups excluding carboxylic acids is 1. The van der Waals surface area contributed by atoms with Crippen molar-refractivity contribution in [1.29, 1.82) is 5.26 Å². The Morgan fingerprint density at radius 1 is 1.30 bits per heavy atom. The Morgan fingerprint density at radius 2 is 2.04 bits per heavy atom. The van der Waals surface area contributed by atoms with Crippen molar-refractivity contribution in [3.8, 4) is 11.8 Å². The summed E-state index contributed by atoms with van der Waals surface area (Å²) in [6.45, 7) is 3.38. The van der Waals surface area contributed by atoms with Crippen molar-refractivity contribution in [3.05, 3.63) is 63.1 Å². The van der Waals surface area contributed by atoms with Crippen molar-refractivity contribution >= 4 is 39.6 Å². The van der Waals surface area contributed by atoms with Gasteiger partial charge in [0.2, 0.25) is 0 Å². The maximum absolute atomic E-state index is 12.4. The van der Waals surface area contributed by atoms with Gasteiger partial charge in [-0.15, -0.1) is 0 Å². The van der Waals surface area contributed by atoms with Crippen LogP contribution in [0, 0.1) is 25.2 Å². The van der Waals surface area contributed by atoms with E-state index in [1.807, 2.05) is 32.0 Å². The number of anilines is 1. The molecule has 0 bridgehead atoms. The molecule has 0 aromatic heterocycles. The van der Waals surface area contributed by atoms with Gasteiger partial charge in [-0.2, -0.15) is 5.26 Å². The highest BCUT2D eigenvalue weighted by Gasteiger charge is 2.12. The highest BCUT2D eigenvalue weighted by molar-refractivity contribution is 9.10. The largest absolute Gasteiger partial charge is 0.481 e. The summed E-state index contributed by atoms with van der Waals surface area (Å²) in [6, 6.07) is 12.3. The summed E-state index contributed by atoms with van der Waals surface area (Å²) in [7, 11) is 0. The number of nitriles is 1. The average molecular weight is 429 g/mol. The van der Waals surface area contributed by atoms with Crippen molar-refractivity contribution in [1.82, 2.24) is 0 Å². The van der Waals surface area contributed by atoms with E-state index in [1.165, 1.54) is 6.08 Å². The SMILES string of the molecule is Cc1cccc(NC(=O)/C(C#N)=C/c2ccc(OCC(=O)O)c(Br)c2)c1C. The first-order chi connectivity index (χ1) is 12.8. The molecule has 0 radical (unpaired) electrons. The van der Waals surface area contributed by atoms with E-state index < -0.39 is 18.5 Å². The summed E-state index contributed by atoms with van der Waals surface area (Å²) in [6.07, 6.45) is 1.45. The van der Waals surface area contributed by atoms with Crippen LogP contribution in [-0.4, -0.2) is 23.6 Å². The molecule has 138 valence electrons. The molecule has 6 nitrogen and oxygen atoms in total. The second kappa shape index (κ2) is 9.01. The lowest BCUT2D eigenvalue weighted by Gasteiger charge is -2.10. The highest BCUT2D eigenvalue weighted by Crippen LogP contribution is 2.27. The van der Waals surface area contributed by atoms with Crippen molar-refractivity contribution in [3.63, 3.8) is 0 Å². The summed E-state index contributed by atoms with van der Waals surface area (Å²) in [5.41, 5.74) is 3.17. The number of aliphatic carboxylic acids is 1. The smallest absolute Gasteiger partial charge is 0.341 e. The Bertz CT molecular complexity index is 961. The summed E-state index contributed by atoms with van der Waals surface area (Å²) in [5, 5.41) is 20.8. The molecule has 2 aromatic carbocycles. The number of carboxylic acid groups (broad SMARTS) is 1. The molecule has 0 fully saturated rings. The fourth-order valence-corrected chi connectivity index (χ4v) is 2.77. The number of benzene rings is 2. The van der Waals surface area contributed by atoms with Crippen LogP contribution in [0.4, 0.5) is 5.69 Å². The molecule has 0 unspecified atom stereocenters. The highest BCUT2D eigenvalue weighted by atomic mass is 79.9. The lowest BCUT2D eigenvalue weighted by Crippen LogP contribution is -2.14. The van der Waals surface area contributed by atoms with Crippen molar-refractivity contribution in [2.75, 3.05) is 11.9 Å². The average Bonchev–Trinajstić information content (AvgIpc) is 2.62. The molecule has 7 heteroatoms. The molecule has 0 aliphatic carbocycles. The minimum absolute atomic E-state index is 0.0537. The second-order valence-electron chi connectivity index (χ2n) is 5.74. The first-order valence-corrected chi connectivity index (χ1v) is 8.74. The van der Waals surface area contributed by atoms with Gasteiger partial charge < -0.3 is 15.2 Å². The molecular weight excluding hydrogens is 412 g/mol. The summed E-state index contributed by atoms with van der Waals surface area (Å²) in [4.78, 5) is 23.0. The summed E-state index contributed by atoms with van der Waals surface area (Å²) >= 11 is 3.29. The molecule has 0 aliphatic rings. The van der Waals surface area contributed by atoms with E-state index in [1.54, 1.807) is 24.3 Å². The Kier molecular flexibility index (Phi) is 6.74. The molecular formula is C20H17BrN2O4. The van der Waals surface area contributed by atoms with E-state index in [4.69, 9.17) is 9.84 Å². The Balaban J connectivity index is 2.21. The zero-order valence-corrected chi connectivity index (χ0v) is 16.3. The van der Waals surface area contributed by atoms with Crippen LogP contribution in [0.1, 0.15) is 16.7 Å². The monoisotopic (exact) mass is 428 g/mol. The van der Waals surface area contributed by atoms with E-state index in [9.17, 15) is 14.9 Å². The molecule has 27 heavy (non-hydrogen) atoms. The molecule has 0 atom stereocenters. The van der Waals surface area contributed by atoms with Gasteiger partial charge in [-0.05, 0) is 70.7 Å². The molecule has 0 aliphatic heterocycles.